The second-order valence-corrected chi connectivity index (χ2v) is 10.5. The molecule has 2 aromatic heterocycles. The number of benzene rings is 2. The molecule has 0 aliphatic carbocycles. The van der Waals surface area contributed by atoms with E-state index in [4.69, 9.17) is 21.4 Å². The Labute approximate surface area is 230 Å². The van der Waals surface area contributed by atoms with Crippen molar-refractivity contribution < 1.29 is 18.7 Å². The van der Waals surface area contributed by atoms with Crippen molar-refractivity contribution in [1.82, 2.24) is 14.8 Å². The largest absolute Gasteiger partial charge is 0.497 e. The first-order valence-corrected chi connectivity index (χ1v) is 13.5. The number of hydrogen-bond acceptors (Lipinski definition) is 6. The van der Waals surface area contributed by atoms with Crippen molar-refractivity contribution >= 4 is 57.1 Å². The van der Waals surface area contributed by atoms with Crippen LogP contribution in [-0.4, -0.2) is 32.7 Å². The first-order chi connectivity index (χ1) is 18.5. The summed E-state index contributed by atoms with van der Waals surface area (Å²) in [5.74, 6) is 1.21. The Hall–Kier alpha value is -3.82. The van der Waals surface area contributed by atoms with E-state index >= 15 is 0 Å². The Morgan fingerprint density at radius 3 is 2.68 bits per heavy atom. The lowest BCUT2D eigenvalue weighted by Gasteiger charge is -2.14. The van der Waals surface area contributed by atoms with Crippen LogP contribution in [0.25, 0.3) is 17.0 Å². The molecule has 0 bridgehead atoms. The van der Waals surface area contributed by atoms with Crippen molar-refractivity contribution in [2.75, 3.05) is 7.11 Å². The molecule has 0 saturated carbocycles. The molecule has 0 radical (unpaired) electrons. The number of para-hydroxylation sites is 1. The number of aromatic nitrogens is 1. The lowest BCUT2D eigenvalue weighted by atomic mass is 10.1. The van der Waals surface area contributed by atoms with Crippen LogP contribution in [0.3, 0.4) is 0 Å². The van der Waals surface area contributed by atoms with Crippen molar-refractivity contribution in [2.24, 2.45) is 0 Å². The van der Waals surface area contributed by atoms with E-state index in [0.717, 1.165) is 39.8 Å². The van der Waals surface area contributed by atoms with Gasteiger partial charge >= 0.3 is 0 Å². The molecule has 38 heavy (non-hydrogen) atoms. The van der Waals surface area contributed by atoms with Gasteiger partial charge in [0.1, 0.15) is 22.4 Å². The van der Waals surface area contributed by atoms with Gasteiger partial charge in [-0.3, -0.25) is 14.5 Å². The number of ether oxygens (including phenoxy) is 1. The van der Waals surface area contributed by atoms with Crippen LogP contribution in [0.5, 0.6) is 5.75 Å². The van der Waals surface area contributed by atoms with E-state index in [1.54, 1.807) is 24.3 Å². The summed E-state index contributed by atoms with van der Waals surface area (Å²) >= 11 is 6.85. The van der Waals surface area contributed by atoms with Crippen LogP contribution < -0.4 is 10.1 Å². The van der Waals surface area contributed by atoms with E-state index in [1.807, 2.05) is 59.3 Å². The van der Waals surface area contributed by atoms with Gasteiger partial charge in [0, 0.05) is 17.1 Å². The number of aryl methyl sites for hydroxylation is 1. The first-order valence-electron chi connectivity index (χ1n) is 12.2. The summed E-state index contributed by atoms with van der Waals surface area (Å²) in [5, 5.41) is 3.90. The zero-order valence-corrected chi connectivity index (χ0v) is 22.7. The van der Waals surface area contributed by atoms with Crippen molar-refractivity contribution in [2.45, 2.75) is 33.0 Å². The average molecular weight is 546 g/mol. The third kappa shape index (κ3) is 5.39. The van der Waals surface area contributed by atoms with Crippen molar-refractivity contribution in [3.63, 3.8) is 0 Å². The third-order valence-corrected chi connectivity index (χ3v) is 7.79. The third-order valence-electron chi connectivity index (χ3n) is 6.41. The molecule has 1 N–H and O–H groups in total. The highest BCUT2D eigenvalue weighted by Gasteiger charge is 2.32. The van der Waals surface area contributed by atoms with Crippen LogP contribution >= 0.6 is 24.0 Å². The SMILES string of the molecule is CCc1cccc2c(/C=C3\SC(=S)N(Cc4ccc(OC)cc4)C3=O)cn(CC(=O)NCc3ccco3)c12. The number of methoxy groups -OCH3 is 1. The number of carbonyl (C=O) groups excluding carboxylic acids is 2. The summed E-state index contributed by atoms with van der Waals surface area (Å²) in [4.78, 5) is 28.3. The van der Waals surface area contributed by atoms with Gasteiger partial charge < -0.3 is 19.0 Å². The number of hydrogen-bond donors (Lipinski definition) is 1. The first kappa shape index (κ1) is 25.8. The van der Waals surface area contributed by atoms with E-state index in [2.05, 4.69) is 18.3 Å². The summed E-state index contributed by atoms with van der Waals surface area (Å²) in [5.41, 5.74) is 3.96. The molecule has 0 unspecified atom stereocenters. The summed E-state index contributed by atoms with van der Waals surface area (Å²) in [6.07, 6.45) is 6.22. The quantitative estimate of drug-likeness (QED) is 0.220. The number of thioether (sulfide) groups is 1. The standard InChI is InChI=1S/C29H27N3O4S2/c1-3-20-6-4-8-24-21(17-31(27(20)24)18-26(33)30-15-23-7-5-13-36-23)14-25-28(34)32(29(37)38-25)16-19-9-11-22(35-2)12-10-19/h4-14,17H,3,15-16,18H2,1-2H3,(H,30,33)/b25-14-. The zero-order chi connectivity index (χ0) is 26.6. The Bertz CT molecular complexity index is 1520. The lowest BCUT2D eigenvalue weighted by Crippen LogP contribution is -2.27. The molecule has 0 spiro atoms. The van der Waals surface area contributed by atoms with Crippen LogP contribution in [0.1, 0.15) is 29.4 Å². The molecule has 3 heterocycles. The normalized spacial score (nSPS) is 14.6. The molecule has 1 aliphatic rings. The van der Waals surface area contributed by atoms with Gasteiger partial charge in [-0.25, -0.2) is 0 Å². The molecular formula is C29H27N3O4S2. The number of carbonyl (C=O) groups is 2. The van der Waals surface area contributed by atoms with E-state index in [0.29, 0.717) is 28.1 Å². The maximum Gasteiger partial charge on any atom is 0.266 e. The summed E-state index contributed by atoms with van der Waals surface area (Å²) in [6, 6.07) is 17.3. The molecular weight excluding hydrogens is 518 g/mol. The van der Waals surface area contributed by atoms with Gasteiger partial charge in [0.05, 0.1) is 36.9 Å². The van der Waals surface area contributed by atoms with Gasteiger partial charge in [0.2, 0.25) is 5.91 Å². The van der Waals surface area contributed by atoms with Crippen LogP contribution in [0.4, 0.5) is 0 Å². The van der Waals surface area contributed by atoms with Crippen molar-refractivity contribution in [1.29, 1.82) is 0 Å². The number of fused-ring (bicyclic) bond motifs is 1. The predicted octanol–water partition coefficient (Wildman–Crippen LogP) is 5.52. The number of thiocarbonyl (C=S) groups is 1. The van der Waals surface area contributed by atoms with E-state index < -0.39 is 0 Å². The van der Waals surface area contributed by atoms with Crippen LogP contribution in [0.15, 0.2) is 76.4 Å². The lowest BCUT2D eigenvalue weighted by molar-refractivity contribution is -0.123. The molecule has 0 atom stereocenters. The van der Waals surface area contributed by atoms with E-state index in [-0.39, 0.29) is 18.4 Å². The highest BCUT2D eigenvalue weighted by molar-refractivity contribution is 8.26. The second kappa shape index (κ2) is 11.3. The smallest absolute Gasteiger partial charge is 0.266 e. The maximum absolute atomic E-state index is 13.3. The minimum absolute atomic E-state index is 0.124. The number of rotatable bonds is 9. The molecule has 194 valence electrons. The molecule has 2 amide bonds. The Morgan fingerprint density at radius 1 is 1.16 bits per heavy atom. The predicted molar refractivity (Wildman–Crippen MR) is 154 cm³/mol. The molecule has 4 aromatic rings. The topological polar surface area (TPSA) is 76.7 Å². The maximum atomic E-state index is 13.3. The van der Waals surface area contributed by atoms with Crippen LogP contribution in [-0.2, 0) is 35.6 Å². The monoisotopic (exact) mass is 545 g/mol. The molecule has 5 rings (SSSR count). The van der Waals surface area contributed by atoms with Gasteiger partial charge in [-0.05, 0) is 47.9 Å². The van der Waals surface area contributed by atoms with Crippen molar-refractivity contribution in [3.05, 3.63) is 94.4 Å². The summed E-state index contributed by atoms with van der Waals surface area (Å²) < 4.78 is 13.0. The number of furan rings is 1. The summed E-state index contributed by atoms with van der Waals surface area (Å²) in [6.45, 7) is 2.96. The molecule has 1 saturated heterocycles. The molecule has 1 aliphatic heterocycles. The molecule has 2 aromatic carbocycles. The van der Waals surface area contributed by atoms with Gasteiger partial charge in [-0.15, -0.1) is 0 Å². The summed E-state index contributed by atoms with van der Waals surface area (Å²) in [7, 11) is 1.62. The highest BCUT2D eigenvalue weighted by Crippen LogP contribution is 2.36. The van der Waals surface area contributed by atoms with Gasteiger partial charge in [0.25, 0.3) is 5.91 Å². The Kier molecular flexibility index (Phi) is 7.67. The van der Waals surface area contributed by atoms with Crippen molar-refractivity contribution in [3.8, 4) is 5.75 Å². The number of nitrogens with zero attached hydrogens (tertiary/aromatic N) is 2. The van der Waals surface area contributed by atoms with Crippen LogP contribution in [0, 0.1) is 0 Å². The fourth-order valence-electron chi connectivity index (χ4n) is 4.49. The van der Waals surface area contributed by atoms with Gasteiger partial charge in [-0.1, -0.05) is 61.2 Å². The number of nitrogens with one attached hydrogen (secondary N) is 1. The highest BCUT2D eigenvalue weighted by atomic mass is 32.2. The van der Waals surface area contributed by atoms with Crippen LogP contribution in [0.2, 0.25) is 0 Å². The number of amides is 2. The fourth-order valence-corrected chi connectivity index (χ4v) is 5.74. The Morgan fingerprint density at radius 2 is 1.97 bits per heavy atom. The molecule has 1 fully saturated rings. The fraction of sp³-hybridized carbons (Fsp3) is 0.207. The molecule has 7 nitrogen and oxygen atoms in total. The second-order valence-electron chi connectivity index (χ2n) is 8.85. The minimum atomic E-state index is -0.125. The Balaban J connectivity index is 1.40. The zero-order valence-electron chi connectivity index (χ0n) is 21.1. The average Bonchev–Trinajstić information content (AvgIpc) is 3.64. The minimum Gasteiger partial charge on any atom is -0.497 e. The van der Waals surface area contributed by atoms with E-state index in [9.17, 15) is 9.59 Å². The van der Waals surface area contributed by atoms with Gasteiger partial charge in [-0.2, -0.15) is 0 Å². The van der Waals surface area contributed by atoms with Gasteiger partial charge in [0.15, 0.2) is 0 Å². The van der Waals surface area contributed by atoms with E-state index in [1.165, 1.54) is 11.8 Å². The molecule has 9 heteroatoms.